The van der Waals surface area contributed by atoms with Crippen molar-refractivity contribution in [2.45, 2.75) is 23.4 Å². The van der Waals surface area contributed by atoms with Crippen LogP contribution < -0.4 is 0 Å². The van der Waals surface area contributed by atoms with Crippen LogP contribution in [0.3, 0.4) is 0 Å². The van der Waals surface area contributed by atoms with Gasteiger partial charge in [-0.05, 0) is 30.2 Å². The van der Waals surface area contributed by atoms with Crippen molar-refractivity contribution in [3.8, 4) is 6.07 Å². The number of carbonyl (C=O) groups is 1. The molecule has 0 spiro atoms. The van der Waals surface area contributed by atoms with Crippen LogP contribution in [0.25, 0.3) is 0 Å². The fraction of sp³-hybridized carbons (Fsp3) is 0.214. The molecule has 4 nitrogen and oxygen atoms in total. The van der Waals surface area contributed by atoms with Gasteiger partial charge in [0, 0.05) is 11.1 Å². The molecule has 0 saturated heterocycles. The molecule has 0 atom stereocenters. The minimum Gasteiger partial charge on any atom is -0.481 e. The summed E-state index contributed by atoms with van der Waals surface area (Å²) in [6.45, 7) is 1.98. The van der Waals surface area contributed by atoms with E-state index < -0.39 is 5.97 Å². The topological polar surface area (TPSA) is 74.0 Å². The Labute approximate surface area is 125 Å². The highest BCUT2D eigenvalue weighted by Gasteiger charge is 2.08. The van der Waals surface area contributed by atoms with Crippen LogP contribution in [0.5, 0.6) is 0 Å². The summed E-state index contributed by atoms with van der Waals surface area (Å²) in [6, 6.07) is 7.74. The normalized spacial score (nSPS) is 10.2. The summed E-state index contributed by atoms with van der Waals surface area (Å²) in [5, 5.41) is 19.3. The van der Waals surface area contributed by atoms with Gasteiger partial charge in [0.25, 0.3) is 0 Å². The second-order valence-electron chi connectivity index (χ2n) is 4.22. The summed E-state index contributed by atoms with van der Waals surface area (Å²) in [5.74, 6) is -0.104. The number of aryl methyl sites for hydroxylation is 1. The second-order valence-corrected chi connectivity index (χ2v) is 6.30. The molecule has 1 heterocycles. The summed E-state index contributed by atoms with van der Waals surface area (Å²) in [4.78, 5) is 14.9. The molecule has 20 heavy (non-hydrogen) atoms. The number of thioether (sulfide) groups is 1. The molecule has 2 aromatic rings. The molecule has 1 aromatic carbocycles. The van der Waals surface area contributed by atoms with Crippen molar-refractivity contribution in [1.29, 1.82) is 5.26 Å². The Balaban J connectivity index is 2.00. The number of hydrogen-bond donors (Lipinski definition) is 1. The van der Waals surface area contributed by atoms with Crippen molar-refractivity contribution in [3.05, 3.63) is 46.0 Å². The summed E-state index contributed by atoms with van der Waals surface area (Å²) in [7, 11) is 0. The predicted octanol–water partition coefficient (Wildman–Crippen LogP) is 3.24. The van der Waals surface area contributed by atoms with E-state index in [1.54, 1.807) is 23.2 Å². The van der Waals surface area contributed by atoms with Crippen molar-refractivity contribution in [2.24, 2.45) is 0 Å². The monoisotopic (exact) mass is 304 g/mol. The van der Waals surface area contributed by atoms with Gasteiger partial charge >= 0.3 is 5.97 Å². The van der Waals surface area contributed by atoms with Crippen LogP contribution in [0.4, 0.5) is 0 Å². The molecule has 102 valence electrons. The summed E-state index contributed by atoms with van der Waals surface area (Å²) in [5.41, 5.74) is 3.50. The molecule has 0 unspecified atom stereocenters. The highest BCUT2D eigenvalue weighted by molar-refractivity contribution is 8.00. The van der Waals surface area contributed by atoms with E-state index in [1.807, 2.05) is 19.1 Å². The number of hydrogen-bond acceptors (Lipinski definition) is 5. The quantitative estimate of drug-likeness (QED) is 0.858. The maximum atomic E-state index is 10.6. The van der Waals surface area contributed by atoms with Crippen molar-refractivity contribution < 1.29 is 9.90 Å². The largest absolute Gasteiger partial charge is 0.481 e. The zero-order valence-corrected chi connectivity index (χ0v) is 12.4. The zero-order chi connectivity index (χ0) is 14.5. The lowest BCUT2D eigenvalue weighted by Gasteiger charge is -2.04. The molecule has 0 aliphatic carbocycles. The molecule has 0 aliphatic rings. The minimum atomic E-state index is -0.866. The SMILES string of the molecule is Cc1cc(C#N)ccc1CSc1nc(CC(=O)O)cs1. The third-order valence-corrected chi connectivity index (χ3v) is 4.80. The molecule has 0 aliphatic heterocycles. The van der Waals surface area contributed by atoms with Crippen LogP contribution in [-0.4, -0.2) is 16.1 Å². The van der Waals surface area contributed by atoms with Crippen molar-refractivity contribution in [3.63, 3.8) is 0 Å². The Morgan fingerprint density at radius 3 is 3.00 bits per heavy atom. The first-order valence-electron chi connectivity index (χ1n) is 5.87. The predicted molar refractivity (Wildman–Crippen MR) is 78.9 cm³/mol. The average molecular weight is 304 g/mol. The third-order valence-electron chi connectivity index (χ3n) is 2.69. The van der Waals surface area contributed by atoms with Gasteiger partial charge in [0.05, 0.1) is 23.7 Å². The van der Waals surface area contributed by atoms with E-state index in [4.69, 9.17) is 10.4 Å². The van der Waals surface area contributed by atoms with Crippen molar-refractivity contribution >= 4 is 29.1 Å². The number of nitrogens with zero attached hydrogens (tertiary/aromatic N) is 2. The van der Waals surface area contributed by atoms with Crippen molar-refractivity contribution in [2.75, 3.05) is 0 Å². The number of nitriles is 1. The van der Waals surface area contributed by atoms with Crippen LogP contribution in [0.15, 0.2) is 27.9 Å². The number of carboxylic acid groups (broad SMARTS) is 1. The zero-order valence-electron chi connectivity index (χ0n) is 10.8. The van der Waals surface area contributed by atoms with Gasteiger partial charge in [-0.1, -0.05) is 17.8 Å². The first-order chi connectivity index (χ1) is 9.58. The third kappa shape index (κ3) is 3.83. The second kappa shape index (κ2) is 6.55. The lowest BCUT2D eigenvalue weighted by Crippen LogP contribution is -1.99. The standard InChI is InChI=1S/C14H12N2O2S2/c1-9-4-10(6-15)2-3-11(9)7-19-14-16-12(8-20-14)5-13(17)18/h2-4,8H,5,7H2,1H3,(H,17,18). The lowest BCUT2D eigenvalue weighted by molar-refractivity contribution is -0.136. The minimum absolute atomic E-state index is 0.0348. The van der Waals surface area contributed by atoms with Gasteiger partial charge in [-0.3, -0.25) is 4.79 Å². The Kier molecular flexibility index (Phi) is 4.77. The fourth-order valence-corrected chi connectivity index (χ4v) is 3.58. The van der Waals surface area contributed by atoms with Gasteiger partial charge in [0.15, 0.2) is 0 Å². The Bertz CT molecular complexity index is 674. The Morgan fingerprint density at radius 1 is 1.55 bits per heavy atom. The van der Waals surface area contributed by atoms with E-state index in [-0.39, 0.29) is 6.42 Å². The first-order valence-corrected chi connectivity index (χ1v) is 7.73. The van der Waals surface area contributed by atoms with Crippen LogP contribution >= 0.6 is 23.1 Å². The van der Waals surface area contributed by atoms with Crippen LogP contribution in [0, 0.1) is 18.3 Å². The Morgan fingerprint density at radius 2 is 2.35 bits per heavy atom. The van der Waals surface area contributed by atoms with Gasteiger partial charge in [0.2, 0.25) is 0 Å². The van der Waals surface area contributed by atoms with Gasteiger partial charge in [-0.25, -0.2) is 4.98 Å². The number of carboxylic acids is 1. The molecule has 0 bridgehead atoms. The molecule has 0 saturated carbocycles. The van der Waals surface area contributed by atoms with E-state index in [9.17, 15) is 4.79 Å². The summed E-state index contributed by atoms with van der Waals surface area (Å²) in [6.07, 6.45) is -0.0348. The average Bonchev–Trinajstić information content (AvgIpc) is 2.84. The van der Waals surface area contributed by atoms with Gasteiger partial charge in [0.1, 0.15) is 4.34 Å². The van der Waals surface area contributed by atoms with Crippen molar-refractivity contribution in [1.82, 2.24) is 4.98 Å². The molecule has 0 amide bonds. The number of aliphatic carboxylic acids is 1. The van der Waals surface area contributed by atoms with Gasteiger partial charge < -0.3 is 5.11 Å². The van der Waals surface area contributed by atoms with E-state index in [0.29, 0.717) is 11.3 Å². The highest BCUT2D eigenvalue weighted by Crippen LogP contribution is 2.27. The molecule has 0 fully saturated rings. The number of benzene rings is 1. The molecular weight excluding hydrogens is 292 g/mol. The maximum absolute atomic E-state index is 10.6. The molecule has 6 heteroatoms. The molecule has 1 aromatic heterocycles. The molecule has 0 radical (unpaired) electrons. The van der Waals surface area contributed by atoms with Gasteiger partial charge in [-0.2, -0.15) is 5.26 Å². The lowest BCUT2D eigenvalue weighted by atomic mass is 10.1. The van der Waals surface area contributed by atoms with E-state index in [1.165, 1.54) is 11.3 Å². The first kappa shape index (κ1) is 14.6. The van der Waals surface area contributed by atoms with E-state index in [0.717, 1.165) is 21.2 Å². The molecule has 1 N–H and O–H groups in total. The molecular formula is C14H12N2O2S2. The van der Waals surface area contributed by atoms with Crippen LogP contribution in [-0.2, 0) is 17.0 Å². The van der Waals surface area contributed by atoms with Crippen LogP contribution in [0.1, 0.15) is 22.4 Å². The van der Waals surface area contributed by atoms with E-state index in [2.05, 4.69) is 11.1 Å². The Hall–Kier alpha value is -1.84. The van der Waals surface area contributed by atoms with Crippen LogP contribution in [0.2, 0.25) is 0 Å². The highest BCUT2D eigenvalue weighted by atomic mass is 32.2. The number of aromatic nitrogens is 1. The maximum Gasteiger partial charge on any atom is 0.309 e. The molecule has 2 rings (SSSR count). The summed E-state index contributed by atoms with van der Waals surface area (Å²) >= 11 is 3.04. The smallest absolute Gasteiger partial charge is 0.309 e. The fourth-order valence-electron chi connectivity index (χ4n) is 1.66. The number of thiazole rings is 1. The number of rotatable bonds is 5. The summed E-state index contributed by atoms with van der Waals surface area (Å²) < 4.78 is 0.866. The van der Waals surface area contributed by atoms with Gasteiger partial charge in [-0.15, -0.1) is 11.3 Å². The van der Waals surface area contributed by atoms with E-state index >= 15 is 0 Å².